The summed E-state index contributed by atoms with van der Waals surface area (Å²) in [6.45, 7) is 1.14. The third kappa shape index (κ3) is 6.84. The summed E-state index contributed by atoms with van der Waals surface area (Å²) < 4.78 is 31.8. The van der Waals surface area contributed by atoms with E-state index in [2.05, 4.69) is 16.2 Å². The Morgan fingerprint density at radius 1 is 1.07 bits per heavy atom. The van der Waals surface area contributed by atoms with E-state index < -0.39 is 29.5 Å². The Labute approximate surface area is 159 Å². The minimum atomic E-state index is -0.706. The molecule has 0 saturated carbocycles. The first kappa shape index (κ1) is 20.6. The second-order valence-electron chi connectivity index (χ2n) is 5.61. The molecule has 0 unspecified atom stereocenters. The molecule has 27 heavy (non-hydrogen) atoms. The number of benzene rings is 2. The van der Waals surface area contributed by atoms with Gasteiger partial charge in [-0.05, 0) is 37.3 Å². The average molecular weight is 398 g/mol. The molecule has 0 aliphatic rings. The summed E-state index contributed by atoms with van der Waals surface area (Å²) in [6, 6.07) is 9.13. The topological polar surface area (TPSA) is 79.5 Å². The van der Waals surface area contributed by atoms with Gasteiger partial charge < -0.3 is 10.1 Å². The summed E-state index contributed by atoms with van der Waals surface area (Å²) >= 11 is 5.74. The molecule has 0 saturated heterocycles. The second-order valence-corrected chi connectivity index (χ2v) is 6.04. The van der Waals surface area contributed by atoms with E-state index in [0.29, 0.717) is 10.8 Å². The molecule has 2 rings (SSSR count). The highest BCUT2D eigenvalue weighted by Gasteiger charge is 2.13. The van der Waals surface area contributed by atoms with Gasteiger partial charge in [0, 0.05) is 22.7 Å². The van der Waals surface area contributed by atoms with Crippen LogP contribution in [0.2, 0.25) is 5.02 Å². The second kappa shape index (κ2) is 9.84. The van der Waals surface area contributed by atoms with E-state index in [-0.39, 0.29) is 18.7 Å². The van der Waals surface area contributed by atoms with E-state index in [1.54, 1.807) is 31.2 Å². The van der Waals surface area contributed by atoms with Gasteiger partial charge in [0.15, 0.2) is 6.61 Å². The highest BCUT2D eigenvalue weighted by Crippen LogP contribution is 2.17. The van der Waals surface area contributed by atoms with E-state index in [0.717, 1.165) is 12.1 Å². The van der Waals surface area contributed by atoms with Crippen LogP contribution >= 0.6 is 11.6 Å². The van der Waals surface area contributed by atoms with Gasteiger partial charge in [0.1, 0.15) is 17.4 Å². The normalized spacial score (nSPS) is 11.6. The van der Waals surface area contributed by atoms with Crippen molar-refractivity contribution in [2.24, 2.45) is 0 Å². The molecule has 0 fully saturated rings. The maximum atomic E-state index is 13.7. The molecule has 0 spiro atoms. The first-order valence-electron chi connectivity index (χ1n) is 7.99. The fourth-order valence-electron chi connectivity index (χ4n) is 2.11. The van der Waals surface area contributed by atoms with Gasteiger partial charge in [-0.2, -0.15) is 0 Å². The lowest BCUT2D eigenvalue weighted by atomic mass is 10.1. The molecule has 9 heteroatoms. The molecule has 6 nitrogen and oxygen atoms in total. The summed E-state index contributed by atoms with van der Waals surface area (Å²) in [5.41, 5.74) is 4.62. The number of hydrogen-bond acceptors (Lipinski definition) is 4. The molecule has 0 aliphatic heterocycles. The number of ether oxygens (including phenoxy) is 1. The highest BCUT2D eigenvalue weighted by atomic mass is 35.5. The van der Waals surface area contributed by atoms with Crippen LogP contribution in [-0.4, -0.2) is 25.0 Å². The fraction of sp³-hybridized carbons (Fsp3) is 0.222. The summed E-state index contributed by atoms with van der Waals surface area (Å²) in [5, 5.41) is 3.32. The van der Waals surface area contributed by atoms with Crippen molar-refractivity contribution >= 4 is 23.4 Å². The van der Waals surface area contributed by atoms with Crippen LogP contribution in [0.3, 0.4) is 0 Å². The summed E-state index contributed by atoms with van der Waals surface area (Å²) in [5.74, 6) is -2.02. The zero-order chi connectivity index (χ0) is 19.8. The van der Waals surface area contributed by atoms with Crippen molar-refractivity contribution in [1.29, 1.82) is 0 Å². The largest absolute Gasteiger partial charge is 0.484 e. The number of nitrogens with one attached hydrogen (secondary N) is 3. The standard InChI is InChI=1S/C18H18ClF2N3O3/c1-11(15-7-4-13(20)8-16(15)21)22-9-17(25)23-24-18(26)10-27-14-5-2-12(19)3-6-14/h2-8,11,22H,9-10H2,1H3,(H,23,25)(H,24,26)/t11-/m0/s1. The van der Waals surface area contributed by atoms with Crippen molar-refractivity contribution < 1.29 is 23.1 Å². The van der Waals surface area contributed by atoms with Crippen LogP contribution in [0, 0.1) is 11.6 Å². The van der Waals surface area contributed by atoms with Gasteiger partial charge in [0.2, 0.25) is 0 Å². The van der Waals surface area contributed by atoms with Gasteiger partial charge in [-0.15, -0.1) is 0 Å². The Morgan fingerprint density at radius 2 is 1.74 bits per heavy atom. The molecule has 2 amide bonds. The maximum Gasteiger partial charge on any atom is 0.276 e. The third-order valence-electron chi connectivity index (χ3n) is 3.52. The van der Waals surface area contributed by atoms with Crippen LogP contribution in [0.4, 0.5) is 8.78 Å². The Balaban J connectivity index is 1.69. The van der Waals surface area contributed by atoms with Crippen LogP contribution in [0.15, 0.2) is 42.5 Å². The monoisotopic (exact) mass is 397 g/mol. The van der Waals surface area contributed by atoms with Gasteiger partial charge in [0.05, 0.1) is 6.54 Å². The number of rotatable bonds is 7. The first-order chi connectivity index (χ1) is 12.8. The van der Waals surface area contributed by atoms with E-state index in [1.807, 2.05) is 0 Å². The van der Waals surface area contributed by atoms with E-state index >= 15 is 0 Å². The van der Waals surface area contributed by atoms with Crippen molar-refractivity contribution in [3.8, 4) is 5.75 Å². The zero-order valence-electron chi connectivity index (χ0n) is 14.4. The lowest BCUT2D eigenvalue weighted by molar-refractivity contribution is -0.129. The highest BCUT2D eigenvalue weighted by molar-refractivity contribution is 6.30. The molecule has 0 aliphatic carbocycles. The first-order valence-corrected chi connectivity index (χ1v) is 8.37. The molecule has 0 aromatic heterocycles. The Bertz CT molecular complexity index is 803. The smallest absolute Gasteiger partial charge is 0.276 e. The maximum absolute atomic E-state index is 13.7. The van der Waals surface area contributed by atoms with Gasteiger partial charge in [-0.25, -0.2) is 8.78 Å². The van der Waals surface area contributed by atoms with Crippen LogP contribution in [0.1, 0.15) is 18.5 Å². The lowest BCUT2D eigenvalue weighted by Gasteiger charge is -2.15. The molecule has 0 radical (unpaired) electrons. The molecule has 144 valence electrons. The number of hydrazine groups is 1. The molecular formula is C18H18ClF2N3O3. The predicted octanol–water partition coefficient (Wildman–Crippen LogP) is 2.50. The van der Waals surface area contributed by atoms with Gasteiger partial charge in [-0.1, -0.05) is 17.7 Å². The minimum Gasteiger partial charge on any atom is -0.484 e. The summed E-state index contributed by atoms with van der Waals surface area (Å²) in [4.78, 5) is 23.4. The zero-order valence-corrected chi connectivity index (χ0v) is 15.1. The van der Waals surface area contributed by atoms with Crippen molar-refractivity contribution in [2.75, 3.05) is 13.2 Å². The van der Waals surface area contributed by atoms with Gasteiger partial charge >= 0.3 is 0 Å². The number of carbonyl (C=O) groups excluding carboxylic acids is 2. The van der Waals surface area contributed by atoms with Crippen LogP contribution < -0.4 is 20.9 Å². The minimum absolute atomic E-state index is 0.184. The molecule has 0 bridgehead atoms. The third-order valence-corrected chi connectivity index (χ3v) is 3.77. The van der Waals surface area contributed by atoms with Crippen LogP contribution in [0.25, 0.3) is 0 Å². The lowest BCUT2D eigenvalue weighted by Crippen LogP contribution is -2.47. The van der Waals surface area contributed by atoms with Crippen LogP contribution in [-0.2, 0) is 9.59 Å². The SMILES string of the molecule is C[C@H](NCC(=O)NNC(=O)COc1ccc(Cl)cc1)c1ccc(F)cc1F. The van der Waals surface area contributed by atoms with Crippen molar-refractivity contribution in [1.82, 2.24) is 16.2 Å². The van der Waals surface area contributed by atoms with Gasteiger partial charge in [-0.3, -0.25) is 20.4 Å². The van der Waals surface area contributed by atoms with Crippen molar-refractivity contribution in [3.63, 3.8) is 0 Å². The molecule has 1 atom stereocenters. The molecule has 2 aromatic carbocycles. The Morgan fingerprint density at radius 3 is 2.41 bits per heavy atom. The number of carbonyl (C=O) groups is 2. The van der Waals surface area contributed by atoms with E-state index in [1.165, 1.54) is 6.07 Å². The molecule has 2 aromatic rings. The number of hydrogen-bond donors (Lipinski definition) is 3. The predicted molar refractivity (Wildman–Crippen MR) is 96.0 cm³/mol. The summed E-state index contributed by atoms with van der Waals surface area (Å²) in [6.07, 6.45) is 0. The fourth-order valence-corrected chi connectivity index (χ4v) is 2.23. The van der Waals surface area contributed by atoms with E-state index in [4.69, 9.17) is 16.3 Å². The van der Waals surface area contributed by atoms with Gasteiger partial charge in [0.25, 0.3) is 11.8 Å². The van der Waals surface area contributed by atoms with Crippen molar-refractivity contribution in [3.05, 3.63) is 64.7 Å². The van der Waals surface area contributed by atoms with Crippen molar-refractivity contribution in [2.45, 2.75) is 13.0 Å². The number of amides is 2. The summed E-state index contributed by atoms with van der Waals surface area (Å²) in [7, 11) is 0. The Hall–Kier alpha value is -2.71. The quantitative estimate of drug-likeness (QED) is 0.627. The molecule has 0 heterocycles. The number of halogens is 3. The molecular weight excluding hydrogens is 380 g/mol. The van der Waals surface area contributed by atoms with E-state index in [9.17, 15) is 18.4 Å². The van der Waals surface area contributed by atoms with Crippen LogP contribution in [0.5, 0.6) is 5.75 Å². The average Bonchev–Trinajstić information content (AvgIpc) is 2.64. The molecule has 3 N–H and O–H groups in total. The Kier molecular flexibility index (Phi) is 7.51.